The molecule has 152 valence electrons. The molecular weight excluding hydrogens is 423 g/mol. The van der Waals surface area contributed by atoms with Crippen LogP contribution in [0.2, 0.25) is 10.0 Å². The van der Waals surface area contributed by atoms with E-state index in [1.807, 2.05) is 19.9 Å². The molecule has 2 amide bonds. The predicted octanol–water partition coefficient (Wildman–Crippen LogP) is 4.19. The molecule has 0 saturated carbocycles. The lowest BCUT2D eigenvalue weighted by Crippen LogP contribution is -2.30. The number of nitrogens with zero attached hydrogens (tertiary/aromatic N) is 2. The van der Waals surface area contributed by atoms with Gasteiger partial charge >= 0.3 is 0 Å². The van der Waals surface area contributed by atoms with E-state index in [1.54, 1.807) is 30.3 Å². The van der Waals surface area contributed by atoms with Crippen molar-refractivity contribution in [2.75, 3.05) is 6.54 Å². The summed E-state index contributed by atoms with van der Waals surface area (Å²) in [5, 5.41) is 15.7. The largest absolute Gasteiger partial charge is 0.351 e. The summed E-state index contributed by atoms with van der Waals surface area (Å²) in [5.74, 6) is -0.513. The zero-order valence-electron chi connectivity index (χ0n) is 16.3. The average molecular weight is 441 g/mol. The fourth-order valence-corrected chi connectivity index (χ4v) is 3.35. The second-order valence-electron chi connectivity index (χ2n) is 7.02. The number of nitrogens with one attached hydrogen (secondary N) is 2. The van der Waals surface area contributed by atoms with Gasteiger partial charge in [0.15, 0.2) is 0 Å². The first-order valence-corrected chi connectivity index (χ1v) is 9.94. The van der Waals surface area contributed by atoms with E-state index >= 15 is 0 Å². The number of carbonyl (C=O) groups excluding carboxylic acids is 2. The molecule has 1 aliphatic heterocycles. The number of hydrogen-bond acceptors (Lipinski definition) is 4. The first-order valence-electron chi connectivity index (χ1n) is 9.19. The molecule has 1 aliphatic rings. The minimum Gasteiger partial charge on any atom is -0.351 e. The van der Waals surface area contributed by atoms with E-state index in [0.29, 0.717) is 22.7 Å². The molecule has 0 aliphatic carbocycles. The molecule has 2 N–H and O–H groups in total. The Kier molecular flexibility index (Phi) is 6.56. The third kappa shape index (κ3) is 4.54. The van der Waals surface area contributed by atoms with Crippen molar-refractivity contribution >= 4 is 46.5 Å². The highest BCUT2D eigenvalue weighted by molar-refractivity contribution is 6.37. The summed E-state index contributed by atoms with van der Waals surface area (Å²) >= 11 is 12.0. The Morgan fingerprint density at radius 1 is 1.13 bits per heavy atom. The van der Waals surface area contributed by atoms with Gasteiger partial charge in [-0.15, -0.1) is 0 Å². The molecular formula is C22H18Cl2N4O2. The molecule has 0 atom stereocenters. The van der Waals surface area contributed by atoms with Crippen LogP contribution in [0.4, 0.5) is 0 Å². The van der Waals surface area contributed by atoms with E-state index < -0.39 is 11.8 Å². The molecule has 0 bridgehead atoms. The summed E-state index contributed by atoms with van der Waals surface area (Å²) in [7, 11) is 0. The lowest BCUT2D eigenvalue weighted by atomic mass is 10.0. The molecule has 6 nitrogen and oxygen atoms in total. The second-order valence-corrected chi connectivity index (χ2v) is 7.87. The van der Waals surface area contributed by atoms with Gasteiger partial charge in [-0.25, -0.2) is 4.99 Å². The molecule has 0 fully saturated rings. The van der Waals surface area contributed by atoms with E-state index in [1.165, 1.54) is 12.1 Å². The number of carbonyl (C=O) groups is 2. The van der Waals surface area contributed by atoms with Crippen LogP contribution < -0.4 is 10.6 Å². The zero-order chi connectivity index (χ0) is 21.8. The highest BCUT2D eigenvalue weighted by Gasteiger charge is 2.27. The molecule has 2 aromatic rings. The zero-order valence-corrected chi connectivity index (χ0v) is 17.8. The van der Waals surface area contributed by atoms with Gasteiger partial charge in [-0.05, 0) is 24.1 Å². The molecule has 0 unspecified atom stereocenters. The smallest absolute Gasteiger partial charge is 0.264 e. The first kappa shape index (κ1) is 21.6. The van der Waals surface area contributed by atoms with E-state index in [0.717, 1.165) is 0 Å². The molecule has 0 spiro atoms. The van der Waals surface area contributed by atoms with Gasteiger partial charge in [0.25, 0.3) is 11.8 Å². The van der Waals surface area contributed by atoms with Crippen molar-refractivity contribution in [3.63, 3.8) is 0 Å². The number of amides is 2. The van der Waals surface area contributed by atoms with Crippen molar-refractivity contribution < 1.29 is 9.59 Å². The van der Waals surface area contributed by atoms with Gasteiger partial charge < -0.3 is 10.6 Å². The third-order valence-electron chi connectivity index (χ3n) is 4.32. The first-order chi connectivity index (χ1) is 14.3. The van der Waals surface area contributed by atoms with Crippen LogP contribution >= 0.6 is 23.2 Å². The molecule has 8 heteroatoms. The van der Waals surface area contributed by atoms with Crippen LogP contribution in [0.5, 0.6) is 0 Å². The minimum atomic E-state index is -0.506. The molecule has 0 aromatic heterocycles. The number of aliphatic imine (C=N–C) groups is 1. The number of halogens is 2. The Hall–Kier alpha value is -3.14. The highest BCUT2D eigenvalue weighted by Crippen LogP contribution is 2.31. The normalized spacial score (nSPS) is 13.9. The van der Waals surface area contributed by atoms with Crippen molar-refractivity contribution in [1.29, 1.82) is 5.26 Å². The van der Waals surface area contributed by atoms with Crippen molar-refractivity contribution in [3.05, 3.63) is 74.8 Å². The van der Waals surface area contributed by atoms with Gasteiger partial charge in [-0.3, -0.25) is 9.59 Å². The SMILES string of the molecule is CC(C)CNC(=O)C(C#N)=C1N=C(NC(=O)c2ccc(Cl)cc2Cl)c2ccccc21. The van der Waals surface area contributed by atoms with E-state index in [9.17, 15) is 14.9 Å². The number of benzene rings is 2. The third-order valence-corrected chi connectivity index (χ3v) is 4.86. The molecule has 2 aromatic carbocycles. The summed E-state index contributed by atoms with van der Waals surface area (Å²) in [6, 6.07) is 13.5. The Morgan fingerprint density at radius 3 is 2.47 bits per heavy atom. The van der Waals surface area contributed by atoms with Crippen molar-refractivity contribution in [1.82, 2.24) is 10.6 Å². The number of fused-ring (bicyclic) bond motifs is 1. The lowest BCUT2D eigenvalue weighted by molar-refractivity contribution is -0.117. The summed E-state index contributed by atoms with van der Waals surface area (Å²) in [5.41, 5.74) is 1.53. The minimum absolute atomic E-state index is 0.114. The fraction of sp³-hybridized carbons (Fsp3) is 0.182. The van der Waals surface area contributed by atoms with Crippen LogP contribution in [0.3, 0.4) is 0 Å². The summed E-state index contributed by atoms with van der Waals surface area (Å²) in [6.45, 7) is 4.34. The van der Waals surface area contributed by atoms with Gasteiger partial charge in [0.05, 0.1) is 16.3 Å². The Balaban J connectivity index is 1.98. The van der Waals surface area contributed by atoms with Crippen molar-refractivity contribution in [3.8, 4) is 6.07 Å². The predicted molar refractivity (Wildman–Crippen MR) is 117 cm³/mol. The van der Waals surface area contributed by atoms with E-state index in [-0.39, 0.29) is 33.6 Å². The van der Waals surface area contributed by atoms with Crippen molar-refractivity contribution in [2.24, 2.45) is 10.9 Å². The second kappa shape index (κ2) is 9.12. The fourth-order valence-electron chi connectivity index (χ4n) is 2.86. The summed E-state index contributed by atoms with van der Waals surface area (Å²) in [6.07, 6.45) is 0. The van der Waals surface area contributed by atoms with Gasteiger partial charge in [0.1, 0.15) is 17.5 Å². The maximum absolute atomic E-state index is 12.7. The molecule has 0 saturated heterocycles. The van der Waals surface area contributed by atoms with Crippen LogP contribution in [0.25, 0.3) is 5.70 Å². The maximum atomic E-state index is 12.7. The average Bonchev–Trinajstić information content (AvgIpc) is 3.05. The molecule has 30 heavy (non-hydrogen) atoms. The molecule has 0 radical (unpaired) electrons. The van der Waals surface area contributed by atoms with E-state index in [2.05, 4.69) is 15.6 Å². The molecule has 3 rings (SSSR count). The van der Waals surface area contributed by atoms with Crippen LogP contribution in [0.1, 0.15) is 35.3 Å². The van der Waals surface area contributed by atoms with Crippen molar-refractivity contribution in [2.45, 2.75) is 13.8 Å². The monoisotopic (exact) mass is 440 g/mol. The quantitative estimate of drug-likeness (QED) is 0.550. The summed E-state index contributed by atoms with van der Waals surface area (Å²) < 4.78 is 0. The molecule has 1 heterocycles. The maximum Gasteiger partial charge on any atom is 0.264 e. The Morgan fingerprint density at radius 2 is 1.83 bits per heavy atom. The highest BCUT2D eigenvalue weighted by atomic mass is 35.5. The number of rotatable bonds is 4. The van der Waals surface area contributed by atoms with Gasteiger partial charge in [-0.2, -0.15) is 5.26 Å². The van der Waals surface area contributed by atoms with Crippen LogP contribution in [-0.4, -0.2) is 24.2 Å². The van der Waals surface area contributed by atoms with E-state index in [4.69, 9.17) is 23.2 Å². The van der Waals surface area contributed by atoms with Gasteiger partial charge in [0, 0.05) is 22.7 Å². The number of nitriles is 1. The summed E-state index contributed by atoms with van der Waals surface area (Å²) in [4.78, 5) is 29.6. The van der Waals surface area contributed by atoms with Crippen LogP contribution in [-0.2, 0) is 4.79 Å². The topological polar surface area (TPSA) is 94.3 Å². The standard InChI is InChI=1S/C22H18Cl2N4O2/c1-12(2)11-26-21(29)17(10-25)19-14-5-3-4-6-15(14)20(27-19)28-22(30)16-8-7-13(23)9-18(16)24/h3-9,12H,11H2,1-2H3,(H,26,29)(H,27,28,30). The van der Waals surface area contributed by atoms with Crippen LogP contribution in [0.15, 0.2) is 53.0 Å². The van der Waals surface area contributed by atoms with Gasteiger partial charge in [0.2, 0.25) is 0 Å². The Labute approximate surface area is 184 Å². The lowest BCUT2D eigenvalue weighted by Gasteiger charge is -2.08. The van der Waals surface area contributed by atoms with Crippen LogP contribution in [0, 0.1) is 17.2 Å². The Bertz CT molecular complexity index is 1130. The van der Waals surface area contributed by atoms with Gasteiger partial charge in [-0.1, -0.05) is 61.3 Å². The number of amidine groups is 1. The number of hydrogen-bond donors (Lipinski definition) is 2.